The van der Waals surface area contributed by atoms with Crippen molar-refractivity contribution in [1.29, 1.82) is 5.26 Å². The molecular weight excluding hydrogens is 258 g/mol. The SMILES string of the molecule is CC(=O)c1sc(NC(=O)CSCC#N)nc1C. The lowest BCUT2D eigenvalue weighted by atomic mass is 10.3. The molecule has 0 unspecified atom stereocenters. The van der Waals surface area contributed by atoms with Crippen molar-refractivity contribution in [3.8, 4) is 6.07 Å². The standard InChI is InChI=1S/C10H11N3O2S2/c1-6-9(7(2)14)17-10(12-6)13-8(15)5-16-4-3-11/h4-5H2,1-2H3,(H,12,13,15). The van der Waals surface area contributed by atoms with Gasteiger partial charge in [0.2, 0.25) is 5.91 Å². The highest BCUT2D eigenvalue weighted by molar-refractivity contribution is 8.00. The third-order valence-corrected chi connectivity index (χ3v) is 3.74. The van der Waals surface area contributed by atoms with E-state index < -0.39 is 0 Å². The minimum Gasteiger partial charge on any atom is -0.301 e. The van der Waals surface area contributed by atoms with Crippen LogP contribution in [0.4, 0.5) is 5.13 Å². The molecule has 0 atom stereocenters. The average molecular weight is 269 g/mol. The number of rotatable bonds is 5. The van der Waals surface area contributed by atoms with E-state index >= 15 is 0 Å². The molecule has 1 rings (SSSR count). The van der Waals surface area contributed by atoms with Crippen LogP contribution in [0.5, 0.6) is 0 Å². The first-order valence-corrected chi connectivity index (χ1v) is 6.74. The fourth-order valence-electron chi connectivity index (χ4n) is 1.12. The van der Waals surface area contributed by atoms with Crippen LogP contribution in [0.25, 0.3) is 0 Å². The predicted octanol–water partition coefficient (Wildman–Crippen LogP) is 1.85. The van der Waals surface area contributed by atoms with E-state index in [1.54, 1.807) is 6.92 Å². The zero-order chi connectivity index (χ0) is 12.8. The third-order valence-electron chi connectivity index (χ3n) is 1.76. The molecule has 1 amide bonds. The molecule has 0 aromatic carbocycles. The number of thiazole rings is 1. The number of hydrogen-bond donors (Lipinski definition) is 1. The van der Waals surface area contributed by atoms with Gasteiger partial charge in [-0.25, -0.2) is 4.98 Å². The van der Waals surface area contributed by atoms with Crippen LogP contribution in [0.3, 0.4) is 0 Å². The highest BCUT2D eigenvalue weighted by atomic mass is 32.2. The molecule has 0 fully saturated rings. The van der Waals surface area contributed by atoms with E-state index in [4.69, 9.17) is 5.26 Å². The first-order chi connectivity index (χ1) is 8.04. The largest absolute Gasteiger partial charge is 0.301 e. The van der Waals surface area contributed by atoms with Crippen molar-refractivity contribution in [2.45, 2.75) is 13.8 Å². The van der Waals surface area contributed by atoms with Gasteiger partial charge in [-0.1, -0.05) is 11.3 Å². The summed E-state index contributed by atoms with van der Waals surface area (Å²) < 4.78 is 0. The summed E-state index contributed by atoms with van der Waals surface area (Å²) >= 11 is 2.40. The Bertz CT molecular complexity index is 476. The first kappa shape index (κ1) is 13.7. The number of nitrogens with one attached hydrogen (secondary N) is 1. The van der Waals surface area contributed by atoms with Crippen LogP contribution in [0, 0.1) is 18.3 Å². The van der Waals surface area contributed by atoms with E-state index in [0.29, 0.717) is 15.7 Å². The normalized spacial score (nSPS) is 9.71. The number of amides is 1. The summed E-state index contributed by atoms with van der Waals surface area (Å²) in [6, 6.07) is 1.94. The van der Waals surface area contributed by atoms with Gasteiger partial charge in [0.05, 0.1) is 28.1 Å². The van der Waals surface area contributed by atoms with Crippen molar-refractivity contribution in [3.05, 3.63) is 10.6 Å². The van der Waals surface area contributed by atoms with Gasteiger partial charge in [0.1, 0.15) is 0 Å². The molecule has 1 aromatic heterocycles. The molecule has 1 aromatic rings. The van der Waals surface area contributed by atoms with Gasteiger partial charge < -0.3 is 5.32 Å². The molecule has 0 aliphatic rings. The number of aryl methyl sites for hydroxylation is 1. The van der Waals surface area contributed by atoms with Gasteiger partial charge in [-0.05, 0) is 6.92 Å². The molecular formula is C10H11N3O2S2. The van der Waals surface area contributed by atoms with E-state index in [-0.39, 0.29) is 23.2 Å². The van der Waals surface area contributed by atoms with Crippen LogP contribution in [0.2, 0.25) is 0 Å². The topological polar surface area (TPSA) is 82.9 Å². The number of nitrogens with zero attached hydrogens (tertiary/aromatic N) is 2. The van der Waals surface area contributed by atoms with E-state index in [1.165, 1.54) is 30.0 Å². The summed E-state index contributed by atoms with van der Waals surface area (Å²) in [4.78, 5) is 27.3. The van der Waals surface area contributed by atoms with Crippen molar-refractivity contribution in [3.63, 3.8) is 0 Å². The van der Waals surface area contributed by atoms with Gasteiger partial charge in [0.25, 0.3) is 0 Å². The lowest BCUT2D eigenvalue weighted by molar-refractivity contribution is -0.113. The molecule has 0 aliphatic carbocycles. The number of thioether (sulfide) groups is 1. The van der Waals surface area contributed by atoms with Crippen molar-refractivity contribution >= 4 is 39.9 Å². The maximum Gasteiger partial charge on any atom is 0.236 e. The number of carbonyl (C=O) groups is 2. The van der Waals surface area contributed by atoms with Crippen LogP contribution < -0.4 is 5.32 Å². The molecule has 90 valence electrons. The summed E-state index contributed by atoms with van der Waals surface area (Å²) in [6.07, 6.45) is 0. The smallest absolute Gasteiger partial charge is 0.236 e. The second kappa shape index (κ2) is 6.37. The van der Waals surface area contributed by atoms with E-state index in [0.717, 1.165) is 0 Å². The van der Waals surface area contributed by atoms with Crippen molar-refractivity contribution in [2.24, 2.45) is 0 Å². The number of carbonyl (C=O) groups excluding carboxylic acids is 2. The molecule has 5 nitrogen and oxygen atoms in total. The van der Waals surface area contributed by atoms with Crippen LogP contribution >= 0.6 is 23.1 Å². The zero-order valence-corrected chi connectivity index (χ0v) is 11.1. The minimum atomic E-state index is -0.214. The molecule has 0 saturated carbocycles. The quantitative estimate of drug-likeness (QED) is 0.651. The fraction of sp³-hybridized carbons (Fsp3) is 0.400. The Morgan fingerprint density at radius 2 is 2.29 bits per heavy atom. The Kier molecular flexibility index (Phi) is 5.12. The number of anilines is 1. The monoisotopic (exact) mass is 269 g/mol. The summed E-state index contributed by atoms with van der Waals surface area (Å²) in [5, 5.41) is 11.3. The average Bonchev–Trinajstić information content (AvgIpc) is 2.60. The van der Waals surface area contributed by atoms with Crippen LogP contribution in [0.15, 0.2) is 0 Å². The minimum absolute atomic E-state index is 0.0562. The van der Waals surface area contributed by atoms with Gasteiger partial charge in [0.15, 0.2) is 10.9 Å². The van der Waals surface area contributed by atoms with Gasteiger partial charge in [-0.2, -0.15) is 5.26 Å². The van der Waals surface area contributed by atoms with Crippen LogP contribution in [-0.4, -0.2) is 28.2 Å². The number of ketones is 1. The first-order valence-electron chi connectivity index (χ1n) is 4.77. The van der Waals surface area contributed by atoms with Gasteiger partial charge >= 0.3 is 0 Å². The summed E-state index contributed by atoms with van der Waals surface area (Å²) in [5.41, 5.74) is 0.627. The lowest BCUT2D eigenvalue weighted by Gasteiger charge is -1.98. The Hall–Kier alpha value is -1.39. The maximum atomic E-state index is 11.4. The van der Waals surface area contributed by atoms with E-state index in [9.17, 15) is 9.59 Å². The zero-order valence-electron chi connectivity index (χ0n) is 9.44. The molecule has 7 heteroatoms. The molecule has 1 heterocycles. The number of Topliss-reactive ketones (excluding diaryl/α,β-unsaturated/α-hetero) is 1. The second-order valence-corrected chi connectivity index (χ2v) is 5.17. The number of aromatic nitrogens is 1. The molecule has 0 radical (unpaired) electrons. The Labute approximate surface area is 107 Å². The van der Waals surface area contributed by atoms with Gasteiger partial charge in [0, 0.05) is 6.92 Å². The Balaban J connectivity index is 2.57. The van der Waals surface area contributed by atoms with Gasteiger partial charge in [-0.15, -0.1) is 11.8 Å². The number of hydrogen-bond acceptors (Lipinski definition) is 6. The van der Waals surface area contributed by atoms with Gasteiger partial charge in [-0.3, -0.25) is 9.59 Å². The Morgan fingerprint density at radius 1 is 1.59 bits per heavy atom. The van der Waals surface area contributed by atoms with E-state index in [1.807, 2.05) is 6.07 Å². The molecule has 0 saturated heterocycles. The molecule has 0 spiro atoms. The number of nitriles is 1. The Morgan fingerprint density at radius 3 is 2.82 bits per heavy atom. The predicted molar refractivity (Wildman–Crippen MR) is 68.4 cm³/mol. The summed E-state index contributed by atoms with van der Waals surface area (Å²) in [7, 11) is 0. The second-order valence-electron chi connectivity index (χ2n) is 3.19. The lowest BCUT2D eigenvalue weighted by Crippen LogP contribution is -2.14. The third kappa shape index (κ3) is 4.17. The van der Waals surface area contributed by atoms with Crippen LogP contribution in [0.1, 0.15) is 22.3 Å². The van der Waals surface area contributed by atoms with Crippen molar-refractivity contribution in [1.82, 2.24) is 4.98 Å². The highest BCUT2D eigenvalue weighted by Crippen LogP contribution is 2.22. The fourth-order valence-corrected chi connectivity index (χ4v) is 2.45. The molecule has 0 bridgehead atoms. The molecule has 17 heavy (non-hydrogen) atoms. The van der Waals surface area contributed by atoms with E-state index in [2.05, 4.69) is 10.3 Å². The van der Waals surface area contributed by atoms with Crippen molar-refractivity contribution in [2.75, 3.05) is 16.8 Å². The van der Waals surface area contributed by atoms with Crippen molar-refractivity contribution < 1.29 is 9.59 Å². The molecule has 1 N–H and O–H groups in total. The molecule has 0 aliphatic heterocycles. The summed E-state index contributed by atoms with van der Waals surface area (Å²) in [5.74, 6) is 0.221. The maximum absolute atomic E-state index is 11.4. The highest BCUT2D eigenvalue weighted by Gasteiger charge is 2.13. The van der Waals surface area contributed by atoms with Crippen LogP contribution in [-0.2, 0) is 4.79 Å². The summed E-state index contributed by atoms with van der Waals surface area (Å²) in [6.45, 7) is 3.20.